The zero-order chi connectivity index (χ0) is 20.8. The predicted octanol–water partition coefficient (Wildman–Crippen LogP) is 6.03. The zero-order valence-corrected chi connectivity index (χ0v) is 17.5. The number of rotatable bonds is 6. The number of urea groups is 1. The number of unbranched alkanes of at least 4 members (excludes halogenated alkanes) is 1. The lowest BCUT2D eigenvalue weighted by molar-refractivity contribution is 0.215. The van der Waals surface area contributed by atoms with Gasteiger partial charge in [0.05, 0.1) is 18.3 Å². The number of amides is 2. The van der Waals surface area contributed by atoms with Crippen LogP contribution in [0.3, 0.4) is 0 Å². The second-order valence-electron chi connectivity index (χ2n) is 7.53. The minimum atomic E-state index is -0.253. The van der Waals surface area contributed by atoms with Crippen LogP contribution in [-0.4, -0.2) is 23.3 Å². The van der Waals surface area contributed by atoms with Crippen LogP contribution in [0.1, 0.15) is 50.2 Å². The third-order valence-electron chi connectivity index (χ3n) is 5.05. The minimum absolute atomic E-state index is 0.0959. The molecule has 2 amide bonds. The highest BCUT2D eigenvalue weighted by molar-refractivity contribution is 6.30. The molecule has 6 heteroatoms. The maximum absolute atomic E-state index is 12.8. The molecule has 1 N–H and O–H groups in total. The molecular weight excluding hydrogens is 384 g/mol. The highest BCUT2D eigenvalue weighted by atomic mass is 35.5. The molecule has 0 fully saturated rings. The van der Waals surface area contributed by atoms with Crippen molar-refractivity contribution in [2.45, 2.75) is 39.0 Å². The van der Waals surface area contributed by atoms with Crippen LogP contribution < -0.4 is 5.32 Å². The number of nitrogens with zero attached hydrogens (tertiary/aromatic N) is 3. The molecule has 2 aromatic rings. The molecule has 0 aliphatic carbocycles. The second kappa shape index (κ2) is 9.58. The summed E-state index contributed by atoms with van der Waals surface area (Å²) in [4.78, 5) is 12.8. The summed E-state index contributed by atoms with van der Waals surface area (Å²) in [5, 5.41) is 18.5. The lowest BCUT2D eigenvalue weighted by atomic mass is 9.93. The molecule has 1 aliphatic heterocycles. The molecule has 1 heterocycles. The minimum Gasteiger partial charge on any atom is -0.306 e. The Morgan fingerprint density at radius 3 is 2.55 bits per heavy atom. The van der Waals surface area contributed by atoms with E-state index in [2.05, 4.69) is 30.3 Å². The summed E-state index contributed by atoms with van der Waals surface area (Å²) in [5.74, 6) is 0.539. The molecule has 0 aromatic heterocycles. The normalized spacial score (nSPS) is 15.9. The highest BCUT2D eigenvalue weighted by Crippen LogP contribution is 2.26. The molecule has 0 saturated heterocycles. The summed E-state index contributed by atoms with van der Waals surface area (Å²) in [6.45, 7) is 4.77. The molecule has 1 unspecified atom stereocenters. The quantitative estimate of drug-likeness (QED) is 0.593. The average Bonchev–Trinajstić information content (AvgIpc) is 3.13. The van der Waals surface area contributed by atoms with Crippen LogP contribution in [0.2, 0.25) is 5.02 Å². The number of hydrogen-bond acceptors (Lipinski definition) is 3. The number of benzene rings is 2. The Kier molecular flexibility index (Phi) is 6.90. The van der Waals surface area contributed by atoms with E-state index in [0.717, 1.165) is 29.8 Å². The van der Waals surface area contributed by atoms with Gasteiger partial charge < -0.3 is 5.32 Å². The van der Waals surface area contributed by atoms with Gasteiger partial charge in [0.25, 0.3) is 0 Å². The van der Waals surface area contributed by atoms with Crippen LogP contribution in [0.15, 0.2) is 53.6 Å². The van der Waals surface area contributed by atoms with Crippen molar-refractivity contribution in [3.8, 4) is 6.07 Å². The van der Waals surface area contributed by atoms with Gasteiger partial charge in [-0.05, 0) is 54.2 Å². The number of halogens is 1. The molecule has 0 spiro atoms. The molecule has 1 atom stereocenters. The van der Waals surface area contributed by atoms with Crippen molar-refractivity contribution in [1.29, 1.82) is 5.26 Å². The first-order valence-electron chi connectivity index (χ1n) is 9.87. The van der Waals surface area contributed by atoms with E-state index < -0.39 is 0 Å². The predicted molar refractivity (Wildman–Crippen MR) is 117 cm³/mol. The van der Waals surface area contributed by atoms with Crippen molar-refractivity contribution in [3.63, 3.8) is 0 Å². The van der Waals surface area contributed by atoms with Crippen LogP contribution in [0.4, 0.5) is 10.5 Å². The molecule has 3 rings (SSSR count). The van der Waals surface area contributed by atoms with Crippen molar-refractivity contribution in [1.82, 2.24) is 5.01 Å². The highest BCUT2D eigenvalue weighted by Gasteiger charge is 2.30. The maximum atomic E-state index is 12.8. The summed E-state index contributed by atoms with van der Waals surface area (Å²) in [6.07, 6.45) is 2.08. The summed E-state index contributed by atoms with van der Waals surface area (Å²) in [6, 6.07) is 17.3. The molecule has 0 saturated carbocycles. The molecule has 2 aromatic carbocycles. The second-order valence-corrected chi connectivity index (χ2v) is 7.96. The van der Waals surface area contributed by atoms with E-state index in [-0.39, 0.29) is 11.9 Å². The van der Waals surface area contributed by atoms with E-state index in [1.807, 2.05) is 48.5 Å². The molecule has 0 bridgehead atoms. The zero-order valence-electron chi connectivity index (χ0n) is 16.7. The van der Waals surface area contributed by atoms with E-state index in [1.165, 1.54) is 10.6 Å². The van der Waals surface area contributed by atoms with Gasteiger partial charge in [-0.2, -0.15) is 10.4 Å². The third-order valence-corrected chi connectivity index (χ3v) is 5.30. The molecule has 5 nitrogen and oxygen atoms in total. The Labute approximate surface area is 177 Å². The number of hydrazone groups is 1. The average molecular weight is 409 g/mol. The molecule has 150 valence electrons. The largest absolute Gasteiger partial charge is 0.342 e. The van der Waals surface area contributed by atoms with Crippen molar-refractivity contribution in [3.05, 3.63) is 64.7 Å². The van der Waals surface area contributed by atoms with Gasteiger partial charge in [-0.1, -0.05) is 49.7 Å². The number of hydrogen-bond donors (Lipinski definition) is 1. The van der Waals surface area contributed by atoms with Crippen LogP contribution in [-0.2, 0) is 0 Å². The smallest absolute Gasteiger partial charge is 0.306 e. The van der Waals surface area contributed by atoms with E-state index in [9.17, 15) is 4.79 Å². The molecule has 1 aliphatic rings. The fourth-order valence-corrected chi connectivity index (χ4v) is 3.51. The van der Waals surface area contributed by atoms with Crippen molar-refractivity contribution in [2.75, 3.05) is 11.9 Å². The Morgan fingerprint density at radius 2 is 1.93 bits per heavy atom. The Balaban J connectivity index is 1.74. The molecule has 29 heavy (non-hydrogen) atoms. The van der Waals surface area contributed by atoms with Crippen LogP contribution in [0, 0.1) is 17.2 Å². The van der Waals surface area contributed by atoms with Crippen LogP contribution in [0.5, 0.6) is 0 Å². The number of nitriles is 1. The van der Waals surface area contributed by atoms with E-state index in [1.54, 1.807) is 0 Å². The lowest BCUT2D eigenvalue weighted by Crippen LogP contribution is -2.30. The van der Waals surface area contributed by atoms with E-state index in [0.29, 0.717) is 23.9 Å². The summed E-state index contributed by atoms with van der Waals surface area (Å²) >= 11 is 6.01. The summed E-state index contributed by atoms with van der Waals surface area (Å²) in [7, 11) is 0. The fourth-order valence-electron chi connectivity index (χ4n) is 3.39. The van der Waals surface area contributed by atoms with Gasteiger partial charge in [0.1, 0.15) is 0 Å². The number of carbonyl (C=O) groups is 1. The SMILES string of the molecule is CC(C)c1ccc(NC(=O)N2CC(CCCC#N)C(c3ccc(Cl)cc3)=N2)cc1. The fraction of sp³-hybridized carbons (Fsp3) is 0.348. The van der Waals surface area contributed by atoms with Gasteiger partial charge in [-0.3, -0.25) is 0 Å². The number of carbonyl (C=O) groups excluding carboxylic acids is 1. The standard InChI is InChI=1S/C23H25ClN4O/c1-16(2)17-8-12-21(13-9-17)26-23(29)28-15-19(5-3-4-14-25)22(27-28)18-6-10-20(24)11-7-18/h6-13,16,19H,3-5,15H2,1-2H3,(H,26,29). The Morgan fingerprint density at radius 1 is 1.24 bits per heavy atom. The first-order valence-corrected chi connectivity index (χ1v) is 10.3. The summed E-state index contributed by atoms with van der Waals surface area (Å²) in [5.41, 5.74) is 3.79. The Hall–Kier alpha value is -2.84. The topological polar surface area (TPSA) is 68.5 Å². The number of anilines is 1. The monoisotopic (exact) mass is 408 g/mol. The Bertz CT molecular complexity index is 913. The van der Waals surface area contributed by atoms with Crippen LogP contribution in [0.25, 0.3) is 0 Å². The van der Waals surface area contributed by atoms with E-state index in [4.69, 9.17) is 16.9 Å². The summed E-state index contributed by atoms with van der Waals surface area (Å²) < 4.78 is 0. The van der Waals surface area contributed by atoms with Crippen molar-refractivity contribution < 1.29 is 4.79 Å². The van der Waals surface area contributed by atoms with Gasteiger partial charge in [-0.15, -0.1) is 0 Å². The van der Waals surface area contributed by atoms with Crippen molar-refractivity contribution >= 4 is 29.0 Å². The first-order chi connectivity index (χ1) is 14.0. The van der Waals surface area contributed by atoms with Gasteiger partial charge >= 0.3 is 6.03 Å². The first kappa shape index (κ1) is 20.9. The van der Waals surface area contributed by atoms with Crippen molar-refractivity contribution in [2.24, 2.45) is 11.0 Å². The van der Waals surface area contributed by atoms with Gasteiger partial charge in [-0.25, -0.2) is 9.80 Å². The third kappa shape index (κ3) is 5.36. The maximum Gasteiger partial charge on any atom is 0.342 e. The van der Waals surface area contributed by atoms with Gasteiger partial charge in [0.2, 0.25) is 0 Å². The van der Waals surface area contributed by atoms with Gasteiger partial charge in [0, 0.05) is 23.0 Å². The molecule has 0 radical (unpaired) electrons. The lowest BCUT2D eigenvalue weighted by Gasteiger charge is -2.15. The van der Waals surface area contributed by atoms with Crippen LogP contribution >= 0.6 is 11.6 Å². The number of nitrogens with one attached hydrogen (secondary N) is 1. The molecular formula is C23H25ClN4O. The van der Waals surface area contributed by atoms with Gasteiger partial charge in [0.15, 0.2) is 0 Å². The van der Waals surface area contributed by atoms with E-state index >= 15 is 0 Å².